The smallest absolute Gasteiger partial charge is 0.151 e. The van der Waals surface area contributed by atoms with Crippen LogP contribution in [0.15, 0.2) is 36.4 Å². The number of benzene rings is 2. The maximum Gasteiger partial charge on any atom is 0.151 e. The lowest BCUT2D eigenvalue weighted by atomic mass is 10.1. The summed E-state index contributed by atoms with van der Waals surface area (Å²) in [5.74, 6) is -1.37. The molecule has 0 aromatic heterocycles. The van der Waals surface area contributed by atoms with E-state index in [-0.39, 0.29) is 5.69 Å². The Labute approximate surface area is 111 Å². The molecule has 0 aliphatic heterocycles. The molecule has 0 amide bonds. The molecule has 0 bridgehead atoms. The normalized spacial score (nSPS) is 10.5. The summed E-state index contributed by atoms with van der Waals surface area (Å²) in [6.45, 7) is 2.59. The first-order chi connectivity index (χ1) is 9.06. The Bertz CT molecular complexity index is 582. The van der Waals surface area contributed by atoms with Gasteiger partial charge in [-0.1, -0.05) is 29.8 Å². The summed E-state index contributed by atoms with van der Waals surface area (Å²) in [5, 5.41) is 2.96. The fourth-order valence-electron chi connectivity index (χ4n) is 1.94. The monoisotopic (exact) mass is 262 g/mol. The molecule has 100 valence electrons. The molecule has 0 saturated carbocycles. The van der Waals surface area contributed by atoms with Crippen LogP contribution in [0.25, 0.3) is 0 Å². The van der Waals surface area contributed by atoms with Crippen LogP contribution in [0.3, 0.4) is 0 Å². The van der Waals surface area contributed by atoms with Gasteiger partial charge in [0.25, 0.3) is 0 Å². The van der Waals surface area contributed by atoms with Gasteiger partial charge in [-0.25, -0.2) is 8.78 Å². The average molecular weight is 262 g/mol. The average Bonchev–Trinajstić information content (AvgIpc) is 2.35. The lowest BCUT2D eigenvalue weighted by Gasteiger charge is -2.10. The zero-order valence-electron chi connectivity index (χ0n) is 10.7. The third-order valence-corrected chi connectivity index (χ3v) is 2.91. The molecule has 2 aromatic rings. The molecule has 2 nitrogen and oxygen atoms in total. The number of hydrogen-bond acceptors (Lipinski definition) is 2. The van der Waals surface area contributed by atoms with Crippen molar-refractivity contribution in [3.8, 4) is 0 Å². The van der Waals surface area contributed by atoms with Crippen LogP contribution < -0.4 is 11.1 Å². The van der Waals surface area contributed by atoms with Gasteiger partial charge in [0, 0.05) is 12.6 Å². The van der Waals surface area contributed by atoms with Crippen molar-refractivity contribution in [1.82, 2.24) is 0 Å². The van der Waals surface area contributed by atoms with Gasteiger partial charge in [0.1, 0.15) is 5.82 Å². The molecule has 0 heterocycles. The van der Waals surface area contributed by atoms with E-state index in [4.69, 9.17) is 5.73 Å². The van der Waals surface area contributed by atoms with Crippen LogP contribution in [-0.2, 0) is 6.42 Å². The van der Waals surface area contributed by atoms with E-state index in [2.05, 4.69) is 11.4 Å². The largest absolute Gasteiger partial charge is 0.395 e. The first-order valence-corrected chi connectivity index (χ1v) is 6.10. The molecule has 3 N–H and O–H groups in total. The van der Waals surface area contributed by atoms with Crippen LogP contribution in [0.1, 0.15) is 11.1 Å². The van der Waals surface area contributed by atoms with Crippen LogP contribution in [-0.4, -0.2) is 6.54 Å². The van der Waals surface area contributed by atoms with Crippen molar-refractivity contribution in [3.05, 3.63) is 59.2 Å². The van der Waals surface area contributed by atoms with Crippen LogP contribution in [0.5, 0.6) is 0 Å². The summed E-state index contributed by atoms with van der Waals surface area (Å²) in [5.41, 5.74) is 8.16. The van der Waals surface area contributed by atoms with E-state index in [1.54, 1.807) is 0 Å². The Balaban J connectivity index is 2.00. The van der Waals surface area contributed by atoms with Gasteiger partial charge < -0.3 is 11.1 Å². The van der Waals surface area contributed by atoms with Gasteiger partial charge in [0.15, 0.2) is 5.82 Å². The number of hydrogen-bond donors (Lipinski definition) is 2. The zero-order chi connectivity index (χ0) is 13.8. The Morgan fingerprint density at radius 3 is 2.68 bits per heavy atom. The summed E-state index contributed by atoms with van der Waals surface area (Å²) in [6, 6.07) is 10.1. The van der Waals surface area contributed by atoms with Crippen molar-refractivity contribution < 1.29 is 8.78 Å². The molecule has 0 unspecified atom stereocenters. The van der Waals surface area contributed by atoms with Crippen LogP contribution in [0, 0.1) is 18.6 Å². The van der Waals surface area contributed by atoms with E-state index >= 15 is 0 Å². The van der Waals surface area contributed by atoms with E-state index < -0.39 is 11.6 Å². The highest BCUT2D eigenvalue weighted by Crippen LogP contribution is 2.23. The van der Waals surface area contributed by atoms with Crippen molar-refractivity contribution in [1.29, 1.82) is 0 Å². The standard InChI is InChI=1S/C15H16F2N2/c1-10-3-2-4-11(7-10)5-6-19-14-9-12(16)8-13(17)15(14)18/h2-4,7-9,19H,5-6,18H2,1H3. The van der Waals surface area contributed by atoms with Crippen molar-refractivity contribution in [3.63, 3.8) is 0 Å². The highest BCUT2D eigenvalue weighted by Gasteiger charge is 2.07. The van der Waals surface area contributed by atoms with Crippen molar-refractivity contribution >= 4 is 11.4 Å². The van der Waals surface area contributed by atoms with Gasteiger partial charge in [-0.15, -0.1) is 0 Å². The lowest BCUT2D eigenvalue weighted by Crippen LogP contribution is -2.08. The fraction of sp³-hybridized carbons (Fsp3) is 0.200. The van der Waals surface area contributed by atoms with Crippen molar-refractivity contribution in [2.45, 2.75) is 13.3 Å². The fourth-order valence-corrected chi connectivity index (χ4v) is 1.94. The Morgan fingerprint density at radius 2 is 1.95 bits per heavy atom. The predicted octanol–water partition coefficient (Wildman–Crippen LogP) is 3.51. The number of nitrogen functional groups attached to an aromatic ring is 1. The summed E-state index contributed by atoms with van der Waals surface area (Å²) in [7, 11) is 0. The molecule has 0 aliphatic rings. The van der Waals surface area contributed by atoms with Crippen LogP contribution in [0.2, 0.25) is 0 Å². The molecule has 0 saturated heterocycles. The maximum absolute atomic E-state index is 13.2. The molecular weight excluding hydrogens is 246 g/mol. The number of rotatable bonds is 4. The van der Waals surface area contributed by atoms with Crippen molar-refractivity contribution in [2.24, 2.45) is 0 Å². The SMILES string of the molecule is Cc1cccc(CCNc2cc(F)cc(F)c2N)c1. The third-order valence-electron chi connectivity index (χ3n) is 2.91. The first-order valence-electron chi connectivity index (χ1n) is 6.10. The minimum atomic E-state index is -0.738. The van der Waals surface area contributed by atoms with E-state index in [0.717, 1.165) is 12.5 Å². The molecule has 4 heteroatoms. The van der Waals surface area contributed by atoms with Gasteiger partial charge in [-0.05, 0) is 25.0 Å². The summed E-state index contributed by atoms with van der Waals surface area (Å²) in [4.78, 5) is 0. The van der Waals surface area contributed by atoms with E-state index in [9.17, 15) is 8.78 Å². The number of anilines is 2. The highest BCUT2D eigenvalue weighted by molar-refractivity contribution is 5.66. The number of halogens is 2. The van der Waals surface area contributed by atoms with Gasteiger partial charge >= 0.3 is 0 Å². The molecule has 0 atom stereocenters. The highest BCUT2D eigenvalue weighted by atomic mass is 19.1. The first kappa shape index (κ1) is 13.3. The molecular formula is C15H16F2N2. The van der Waals surface area contributed by atoms with E-state index in [1.165, 1.54) is 17.2 Å². The Morgan fingerprint density at radius 1 is 1.16 bits per heavy atom. The third kappa shape index (κ3) is 3.44. The number of nitrogens with two attached hydrogens (primary N) is 1. The van der Waals surface area contributed by atoms with Gasteiger partial charge in [-0.2, -0.15) is 0 Å². The predicted molar refractivity (Wildman–Crippen MR) is 74.1 cm³/mol. The second-order valence-electron chi connectivity index (χ2n) is 4.51. The molecule has 19 heavy (non-hydrogen) atoms. The molecule has 0 spiro atoms. The van der Waals surface area contributed by atoms with Crippen LogP contribution >= 0.6 is 0 Å². The van der Waals surface area contributed by atoms with Crippen molar-refractivity contribution in [2.75, 3.05) is 17.6 Å². The van der Waals surface area contributed by atoms with E-state index in [0.29, 0.717) is 12.2 Å². The molecule has 2 aromatic carbocycles. The number of nitrogens with one attached hydrogen (secondary N) is 1. The van der Waals surface area contributed by atoms with Gasteiger partial charge in [0.05, 0.1) is 11.4 Å². The molecule has 0 fully saturated rings. The summed E-state index contributed by atoms with van der Waals surface area (Å²) >= 11 is 0. The molecule has 0 aliphatic carbocycles. The minimum Gasteiger partial charge on any atom is -0.395 e. The molecule has 0 radical (unpaired) electrons. The van der Waals surface area contributed by atoms with Gasteiger partial charge in [-0.3, -0.25) is 0 Å². The topological polar surface area (TPSA) is 38.0 Å². The zero-order valence-corrected chi connectivity index (χ0v) is 10.7. The number of aryl methyl sites for hydroxylation is 1. The second-order valence-corrected chi connectivity index (χ2v) is 4.51. The Kier molecular flexibility index (Phi) is 4.00. The lowest BCUT2D eigenvalue weighted by molar-refractivity contribution is 0.587. The maximum atomic E-state index is 13.2. The summed E-state index contributed by atoms with van der Waals surface area (Å²) in [6.07, 6.45) is 0.763. The van der Waals surface area contributed by atoms with Crippen LogP contribution in [0.4, 0.5) is 20.2 Å². The quantitative estimate of drug-likeness (QED) is 0.827. The van der Waals surface area contributed by atoms with E-state index in [1.807, 2.05) is 25.1 Å². The Hall–Kier alpha value is -2.10. The second kappa shape index (κ2) is 5.69. The molecule has 2 rings (SSSR count). The minimum absolute atomic E-state index is 0.0503. The van der Waals surface area contributed by atoms with Gasteiger partial charge in [0.2, 0.25) is 0 Å². The summed E-state index contributed by atoms with van der Waals surface area (Å²) < 4.78 is 26.3.